The summed E-state index contributed by atoms with van der Waals surface area (Å²) >= 11 is 5.80. The molecule has 0 unspecified atom stereocenters. The van der Waals surface area contributed by atoms with Gasteiger partial charge in [-0.15, -0.1) is 0 Å². The highest BCUT2D eigenvalue weighted by atomic mass is 35.5. The first-order valence-electron chi connectivity index (χ1n) is 6.03. The highest BCUT2D eigenvalue weighted by Gasteiger charge is 2.07. The number of aromatic nitrogens is 4. The van der Waals surface area contributed by atoms with E-state index in [1.54, 1.807) is 18.3 Å². The Morgan fingerprint density at radius 3 is 2.82 bits per heavy atom. The van der Waals surface area contributed by atoms with Crippen LogP contribution in [0.25, 0.3) is 11.0 Å². The molecule has 22 heavy (non-hydrogen) atoms. The van der Waals surface area contributed by atoms with Crippen LogP contribution in [0, 0.1) is 10.1 Å². The third-order valence-corrected chi connectivity index (χ3v) is 2.94. The number of nitrogens with one attached hydrogen (secondary N) is 2. The molecule has 0 fully saturated rings. The smallest absolute Gasteiger partial charge is 0.261 e. The average Bonchev–Trinajstić information content (AvgIpc) is 2.96. The molecule has 0 bridgehead atoms. The molecule has 110 valence electrons. The molecule has 0 saturated heterocycles. The molecule has 3 aromatic rings. The summed E-state index contributed by atoms with van der Waals surface area (Å²) in [5.74, 6) is 0.405. The van der Waals surface area contributed by atoms with Crippen molar-refractivity contribution in [3.63, 3.8) is 0 Å². The monoisotopic (exact) mass is 317 g/mol. The zero-order chi connectivity index (χ0) is 15.5. The van der Waals surface area contributed by atoms with E-state index in [2.05, 4.69) is 30.7 Å². The summed E-state index contributed by atoms with van der Waals surface area (Å²) in [6, 6.07) is 5.97. The summed E-state index contributed by atoms with van der Waals surface area (Å²) in [7, 11) is 0. The quantitative estimate of drug-likeness (QED) is 0.329. The molecule has 10 heteroatoms. The van der Waals surface area contributed by atoms with Crippen LogP contribution in [0.2, 0.25) is 5.28 Å². The van der Waals surface area contributed by atoms with E-state index >= 15 is 0 Å². The zero-order valence-electron chi connectivity index (χ0n) is 10.9. The number of halogens is 1. The molecule has 2 N–H and O–H groups in total. The van der Waals surface area contributed by atoms with Crippen LogP contribution in [-0.2, 0) is 0 Å². The van der Waals surface area contributed by atoms with E-state index < -0.39 is 4.92 Å². The Labute approximate surface area is 128 Å². The maximum absolute atomic E-state index is 10.6. The first-order chi connectivity index (χ1) is 10.6. The molecule has 0 radical (unpaired) electrons. The van der Waals surface area contributed by atoms with Crippen LogP contribution in [0.3, 0.4) is 0 Å². The van der Waals surface area contributed by atoms with Gasteiger partial charge in [0.25, 0.3) is 5.69 Å². The van der Waals surface area contributed by atoms with Crippen molar-refractivity contribution >= 4 is 40.4 Å². The number of nitro benzene ring substituents is 1. The van der Waals surface area contributed by atoms with Crippen molar-refractivity contribution < 1.29 is 4.92 Å². The maximum Gasteiger partial charge on any atom is 0.269 e. The lowest BCUT2D eigenvalue weighted by Gasteiger charge is -2.00. The van der Waals surface area contributed by atoms with Crippen molar-refractivity contribution in [1.29, 1.82) is 0 Å². The number of anilines is 1. The molecule has 0 aliphatic carbocycles. The van der Waals surface area contributed by atoms with Gasteiger partial charge in [-0.1, -0.05) is 0 Å². The molecular weight excluding hydrogens is 310 g/mol. The minimum atomic E-state index is -0.461. The summed E-state index contributed by atoms with van der Waals surface area (Å²) in [6.07, 6.45) is 3.06. The van der Waals surface area contributed by atoms with Gasteiger partial charge < -0.3 is 0 Å². The fraction of sp³-hybridized carbons (Fsp3) is 0. The maximum atomic E-state index is 10.6. The van der Waals surface area contributed by atoms with E-state index in [-0.39, 0.29) is 11.0 Å². The first kappa shape index (κ1) is 13.9. The third-order valence-electron chi connectivity index (χ3n) is 2.77. The lowest BCUT2D eigenvalue weighted by atomic mass is 10.2. The standard InChI is InChI=1S/C12H8ClN7O2/c13-12-16-10(9-6-15-19-11(9)17-12)18-14-5-7-1-3-8(4-2-7)20(21)22/h1-6H,(H2,15,16,17,18,19)/b14-5+. The third kappa shape index (κ3) is 2.83. The predicted octanol–water partition coefficient (Wildman–Crippen LogP) is 2.36. The lowest BCUT2D eigenvalue weighted by Crippen LogP contribution is -1.96. The van der Waals surface area contributed by atoms with Crippen LogP contribution in [0.1, 0.15) is 5.56 Å². The number of hydrogen-bond acceptors (Lipinski definition) is 7. The lowest BCUT2D eigenvalue weighted by molar-refractivity contribution is -0.384. The van der Waals surface area contributed by atoms with Crippen LogP contribution < -0.4 is 5.43 Å². The Kier molecular flexibility index (Phi) is 3.62. The van der Waals surface area contributed by atoms with Gasteiger partial charge in [0.15, 0.2) is 11.5 Å². The van der Waals surface area contributed by atoms with Crippen LogP contribution in [-0.4, -0.2) is 31.3 Å². The minimum Gasteiger partial charge on any atom is -0.261 e. The first-order valence-corrected chi connectivity index (χ1v) is 6.41. The van der Waals surface area contributed by atoms with Gasteiger partial charge in [0, 0.05) is 12.1 Å². The van der Waals surface area contributed by atoms with E-state index in [0.29, 0.717) is 22.4 Å². The van der Waals surface area contributed by atoms with E-state index in [1.807, 2.05) is 0 Å². The second-order valence-electron chi connectivity index (χ2n) is 4.19. The highest BCUT2D eigenvalue weighted by Crippen LogP contribution is 2.19. The van der Waals surface area contributed by atoms with E-state index in [9.17, 15) is 10.1 Å². The van der Waals surface area contributed by atoms with Crippen molar-refractivity contribution in [1.82, 2.24) is 20.2 Å². The molecular formula is C12H8ClN7O2. The van der Waals surface area contributed by atoms with E-state index in [4.69, 9.17) is 11.6 Å². The molecule has 9 nitrogen and oxygen atoms in total. The average molecular weight is 318 g/mol. The number of non-ortho nitro benzene ring substituents is 1. The molecule has 2 aromatic heterocycles. The van der Waals surface area contributed by atoms with Gasteiger partial charge in [0.05, 0.1) is 22.7 Å². The van der Waals surface area contributed by atoms with Crippen molar-refractivity contribution in [2.75, 3.05) is 5.43 Å². The van der Waals surface area contributed by atoms with Gasteiger partial charge >= 0.3 is 0 Å². The summed E-state index contributed by atoms with van der Waals surface area (Å²) in [5, 5.41) is 21.8. The number of benzene rings is 1. The Morgan fingerprint density at radius 1 is 1.32 bits per heavy atom. The fourth-order valence-electron chi connectivity index (χ4n) is 1.74. The van der Waals surface area contributed by atoms with Crippen molar-refractivity contribution in [3.8, 4) is 0 Å². The number of H-pyrrole nitrogens is 1. The Hall–Kier alpha value is -3.07. The van der Waals surface area contributed by atoms with E-state index in [1.165, 1.54) is 18.3 Å². The topological polar surface area (TPSA) is 122 Å². The fourth-order valence-corrected chi connectivity index (χ4v) is 1.91. The summed E-state index contributed by atoms with van der Waals surface area (Å²) in [5.41, 5.74) is 3.95. The van der Waals surface area contributed by atoms with Gasteiger partial charge in [-0.3, -0.25) is 20.6 Å². The van der Waals surface area contributed by atoms with Crippen LogP contribution >= 0.6 is 11.6 Å². The Balaban J connectivity index is 1.78. The molecule has 0 aliphatic heterocycles. The number of nitro groups is 1. The number of rotatable bonds is 4. The Morgan fingerprint density at radius 2 is 2.09 bits per heavy atom. The van der Waals surface area contributed by atoms with Crippen LogP contribution in [0.5, 0.6) is 0 Å². The number of hydrazone groups is 1. The second-order valence-corrected chi connectivity index (χ2v) is 4.53. The van der Waals surface area contributed by atoms with Crippen LogP contribution in [0.4, 0.5) is 11.5 Å². The SMILES string of the molecule is O=[N+]([O-])c1ccc(/C=N/Nc2nc(Cl)nc3[nH]ncc23)cc1. The van der Waals surface area contributed by atoms with Gasteiger partial charge in [0.1, 0.15) is 0 Å². The van der Waals surface area contributed by atoms with Crippen LogP contribution in [0.15, 0.2) is 35.6 Å². The highest BCUT2D eigenvalue weighted by molar-refractivity contribution is 6.28. The van der Waals surface area contributed by atoms with Gasteiger partial charge in [0.2, 0.25) is 5.28 Å². The van der Waals surface area contributed by atoms with Crippen molar-refractivity contribution in [2.45, 2.75) is 0 Å². The normalized spacial score (nSPS) is 11.1. The molecule has 0 aliphatic rings. The molecule has 3 rings (SSSR count). The predicted molar refractivity (Wildman–Crippen MR) is 81.0 cm³/mol. The summed E-state index contributed by atoms with van der Waals surface area (Å²) < 4.78 is 0. The molecule has 0 saturated carbocycles. The molecule has 0 atom stereocenters. The van der Waals surface area contributed by atoms with Crippen molar-refractivity contribution in [3.05, 3.63) is 51.4 Å². The Bertz CT molecular complexity index is 860. The van der Waals surface area contributed by atoms with Crippen molar-refractivity contribution in [2.24, 2.45) is 5.10 Å². The molecule has 0 spiro atoms. The van der Waals surface area contributed by atoms with E-state index in [0.717, 1.165) is 0 Å². The number of nitrogens with zero attached hydrogens (tertiary/aromatic N) is 5. The largest absolute Gasteiger partial charge is 0.269 e. The number of aromatic amines is 1. The molecule has 0 amide bonds. The number of hydrogen-bond donors (Lipinski definition) is 2. The van der Waals surface area contributed by atoms with Gasteiger partial charge in [-0.25, -0.2) is 0 Å². The summed E-state index contributed by atoms with van der Waals surface area (Å²) in [6.45, 7) is 0. The zero-order valence-corrected chi connectivity index (χ0v) is 11.7. The molecule has 1 aromatic carbocycles. The summed E-state index contributed by atoms with van der Waals surface area (Å²) in [4.78, 5) is 18.1. The van der Waals surface area contributed by atoms with Gasteiger partial charge in [-0.2, -0.15) is 20.2 Å². The van der Waals surface area contributed by atoms with Gasteiger partial charge in [-0.05, 0) is 29.3 Å². The minimum absolute atomic E-state index is 0.0211. The number of fused-ring (bicyclic) bond motifs is 1. The second kappa shape index (κ2) is 5.74. The molecule has 2 heterocycles.